The summed E-state index contributed by atoms with van der Waals surface area (Å²) in [6.07, 6.45) is 3.89. The van der Waals surface area contributed by atoms with Crippen LogP contribution in [0.1, 0.15) is 24.6 Å². The first-order valence-corrected chi connectivity index (χ1v) is 7.62. The average molecular weight is 393 g/mol. The Labute approximate surface area is 137 Å². The second kappa shape index (κ2) is 8.79. The molecular formula is C14H24IN3S. The fourth-order valence-corrected chi connectivity index (χ4v) is 2.77. The van der Waals surface area contributed by atoms with E-state index in [1.54, 1.807) is 0 Å². The van der Waals surface area contributed by atoms with Crippen LogP contribution in [0.15, 0.2) is 22.5 Å². The molecule has 1 unspecified atom stereocenters. The van der Waals surface area contributed by atoms with E-state index in [1.807, 2.05) is 18.4 Å². The minimum Gasteiger partial charge on any atom is -0.356 e. The summed E-state index contributed by atoms with van der Waals surface area (Å²) in [4.78, 5) is 5.72. The Morgan fingerprint density at radius 3 is 2.84 bits per heavy atom. The molecule has 19 heavy (non-hydrogen) atoms. The molecule has 1 fully saturated rings. The second-order valence-electron chi connectivity index (χ2n) is 5.17. The van der Waals surface area contributed by atoms with Crippen molar-refractivity contribution in [3.05, 3.63) is 22.4 Å². The number of aliphatic imine (C=N–C) groups is 1. The highest BCUT2D eigenvalue weighted by molar-refractivity contribution is 14.0. The monoisotopic (exact) mass is 393 g/mol. The molecule has 0 spiro atoms. The fourth-order valence-electron chi connectivity index (χ4n) is 1.90. The van der Waals surface area contributed by atoms with Gasteiger partial charge in [0.25, 0.3) is 0 Å². The lowest BCUT2D eigenvalue weighted by Gasteiger charge is -2.15. The number of hydrogen-bond acceptors (Lipinski definition) is 2. The lowest BCUT2D eigenvalue weighted by Crippen LogP contribution is -2.40. The van der Waals surface area contributed by atoms with Crippen molar-refractivity contribution in [3.8, 4) is 0 Å². The Bertz CT molecular complexity index is 374. The lowest BCUT2D eigenvalue weighted by atomic mass is 10.1. The van der Waals surface area contributed by atoms with Crippen LogP contribution in [0.25, 0.3) is 0 Å². The van der Waals surface area contributed by atoms with Crippen molar-refractivity contribution >= 4 is 41.3 Å². The third-order valence-corrected chi connectivity index (χ3v) is 4.13. The molecule has 0 saturated heterocycles. The molecule has 1 aliphatic carbocycles. The first kappa shape index (κ1) is 16.8. The van der Waals surface area contributed by atoms with Crippen LogP contribution < -0.4 is 10.6 Å². The van der Waals surface area contributed by atoms with E-state index in [0.717, 1.165) is 31.4 Å². The second-order valence-corrected chi connectivity index (χ2v) is 6.20. The number of halogens is 1. The number of rotatable bonds is 6. The first-order chi connectivity index (χ1) is 8.78. The summed E-state index contributed by atoms with van der Waals surface area (Å²) < 4.78 is 0. The summed E-state index contributed by atoms with van der Waals surface area (Å²) >= 11 is 1.84. The van der Waals surface area contributed by atoms with E-state index in [0.29, 0.717) is 5.92 Å². The fraction of sp³-hybridized carbons (Fsp3) is 0.643. The van der Waals surface area contributed by atoms with Gasteiger partial charge in [-0.2, -0.15) is 0 Å². The van der Waals surface area contributed by atoms with Crippen molar-refractivity contribution in [3.63, 3.8) is 0 Å². The number of nitrogens with one attached hydrogen (secondary N) is 2. The van der Waals surface area contributed by atoms with Crippen LogP contribution in [0, 0.1) is 11.8 Å². The van der Waals surface area contributed by atoms with Crippen LogP contribution in [0.2, 0.25) is 0 Å². The maximum atomic E-state index is 4.25. The third kappa shape index (κ3) is 6.61. The van der Waals surface area contributed by atoms with E-state index in [4.69, 9.17) is 0 Å². The van der Waals surface area contributed by atoms with Crippen LogP contribution in [0.4, 0.5) is 0 Å². The SMILES string of the molecule is CN=C(NCC(C)Cc1cccs1)NCC1CC1.I. The highest BCUT2D eigenvalue weighted by Gasteiger charge is 2.21. The smallest absolute Gasteiger partial charge is 0.190 e. The Hall–Kier alpha value is -0.300. The van der Waals surface area contributed by atoms with Crippen molar-refractivity contribution in [2.75, 3.05) is 20.1 Å². The molecule has 1 heterocycles. The summed E-state index contributed by atoms with van der Waals surface area (Å²) in [7, 11) is 1.84. The minimum absolute atomic E-state index is 0. The van der Waals surface area contributed by atoms with Gasteiger partial charge in [-0.3, -0.25) is 4.99 Å². The zero-order valence-corrected chi connectivity index (χ0v) is 14.8. The van der Waals surface area contributed by atoms with Gasteiger partial charge in [0.1, 0.15) is 0 Å². The zero-order chi connectivity index (χ0) is 12.8. The number of nitrogens with zero attached hydrogens (tertiary/aromatic N) is 1. The van der Waals surface area contributed by atoms with Gasteiger partial charge in [-0.25, -0.2) is 0 Å². The Balaban J connectivity index is 0.00000180. The molecule has 1 aromatic rings. The number of hydrogen-bond donors (Lipinski definition) is 2. The molecule has 1 atom stereocenters. The highest BCUT2D eigenvalue weighted by Crippen LogP contribution is 2.27. The topological polar surface area (TPSA) is 36.4 Å². The Kier molecular flexibility index (Phi) is 7.75. The van der Waals surface area contributed by atoms with Gasteiger partial charge in [0, 0.05) is 25.0 Å². The normalized spacial score (nSPS) is 16.6. The lowest BCUT2D eigenvalue weighted by molar-refractivity contribution is 0.561. The van der Waals surface area contributed by atoms with Gasteiger partial charge in [0.05, 0.1) is 0 Å². The summed E-state index contributed by atoms with van der Waals surface area (Å²) in [6, 6.07) is 4.33. The molecule has 0 amide bonds. The molecule has 0 aliphatic heterocycles. The van der Waals surface area contributed by atoms with Crippen LogP contribution in [-0.4, -0.2) is 26.1 Å². The maximum Gasteiger partial charge on any atom is 0.190 e. The third-order valence-electron chi connectivity index (χ3n) is 3.23. The van der Waals surface area contributed by atoms with Crippen molar-refractivity contribution in [1.82, 2.24) is 10.6 Å². The molecule has 1 aromatic heterocycles. The molecule has 108 valence electrons. The first-order valence-electron chi connectivity index (χ1n) is 6.75. The van der Waals surface area contributed by atoms with E-state index < -0.39 is 0 Å². The van der Waals surface area contributed by atoms with Gasteiger partial charge in [0.2, 0.25) is 0 Å². The van der Waals surface area contributed by atoms with E-state index in [1.165, 1.54) is 17.7 Å². The van der Waals surface area contributed by atoms with E-state index >= 15 is 0 Å². The molecule has 5 heteroatoms. The van der Waals surface area contributed by atoms with Crippen LogP contribution in [0.3, 0.4) is 0 Å². The van der Waals surface area contributed by atoms with Crippen LogP contribution in [-0.2, 0) is 6.42 Å². The van der Waals surface area contributed by atoms with Gasteiger partial charge < -0.3 is 10.6 Å². The predicted octanol–water partition coefficient (Wildman–Crippen LogP) is 3.12. The van der Waals surface area contributed by atoms with Gasteiger partial charge >= 0.3 is 0 Å². The van der Waals surface area contributed by atoms with Gasteiger partial charge in [-0.1, -0.05) is 13.0 Å². The van der Waals surface area contributed by atoms with Crippen molar-refractivity contribution in [2.24, 2.45) is 16.8 Å². The molecular weight excluding hydrogens is 369 g/mol. The minimum atomic E-state index is 0. The van der Waals surface area contributed by atoms with Crippen LogP contribution in [0.5, 0.6) is 0 Å². The molecule has 0 radical (unpaired) electrons. The zero-order valence-electron chi connectivity index (χ0n) is 11.7. The largest absolute Gasteiger partial charge is 0.356 e. The summed E-state index contributed by atoms with van der Waals surface area (Å²) in [6.45, 7) is 4.32. The number of guanidine groups is 1. The van der Waals surface area contributed by atoms with Gasteiger partial charge in [-0.15, -0.1) is 35.3 Å². The molecule has 2 rings (SSSR count). The van der Waals surface area contributed by atoms with Gasteiger partial charge in [0.15, 0.2) is 5.96 Å². The van der Waals surface area contributed by atoms with Crippen LogP contribution >= 0.6 is 35.3 Å². The summed E-state index contributed by atoms with van der Waals surface area (Å²) in [5.41, 5.74) is 0. The molecule has 0 aromatic carbocycles. The Morgan fingerprint density at radius 1 is 1.47 bits per heavy atom. The molecule has 1 saturated carbocycles. The van der Waals surface area contributed by atoms with E-state index in [2.05, 4.69) is 40.1 Å². The van der Waals surface area contributed by atoms with Crippen molar-refractivity contribution in [1.29, 1.82) is 0 Å². The number of thiophene rings is 1. The summed E-state index contributed by atoms with van der Waals surface area (Å²) in [5, 5.41) is 8.94. The Morgan fingerprint density at radius 2 is 2.26 bits per heavy atom. The predicted molar refractivity (Wildman–Crippen MR) is 94.7 cm³/mol. The van der Waals surface area contributed by atoms with Gasteiger partial charge in [-0.05, 0) is 42.5 Å². The quantitative estimate of drug-likeness (QED) is 0.443. The molecule has 1 aliphatic rings. The highest BCUT2D eigenvalue weighted by atomic mass is 127. The van der Waals surface area contributed by atoms with Crippen molar-refractivity contribution < 1.29 is 0 Å². The van der Waals surface area contributed by atoms with Crippen molar-refractivity contribution in [2.45, 2.75) is 26.2 Å². The standard InChI is InChI=1S/C14H23N3S.HI/c1-11(8-13-4-3-7-18-13)9-16-14(15-2)17-10-12-5-6-12;/h3-4,7,11-12H,5-6,8-10H2,1-2H3,(H2,15,16,17);1H. The molecule has 2 N–H and O–H groups in total. The molecule has 0 bridgehead atoms. The molecule has 3 nitrogen and oxygen atoms in total. The summed E-state index contributed by atoms with van der Waals surface area (Å²) in [5.74, 6) is 2.45. The van der Waals surface area contributed by atoms with E-state index in [9.17, 15) is 0 Å². The van der Waals surface area contributed by atoms with E-state index in [-0.39, 0.29) is 24.0 Å². The average Bonchev–Trinajstić information content (AvgIpc) is 3.06. The maximum absolute atomic E-state index is 4.25.